The fourth-order valence-electron chi connectivity index (χ4n) is 2.33. The Balaban J connectivity index is 2.27. The van der Waals surface area contributed by atoms with Gasteiger partial charge in [0, 0.05) is 6.42 Å². The van der Waals surface area contributed by atoms with Crippen molar-refractivity contribution in [2.24, 2.45) is 0 Å². The summed E-state index contributed by atoms with van der Waals surface area (Å²) in [5, 5.41) is 10.4. The second kappa shape index (κ2) is 7.61. The van der Waals surface area contributed by atoms with Crippen molar-refractivity contribution in [2.75, 3.05) is 18.1 Å². The van der Waals surface area contributed by atoms with Crippen LogP contribution in [0.2, 0.25) is 0 Å². The summed E-state index contributed by atoms with van der Waals surface area (Å²) in [5.41, 5.74) is -3.72. The van der Waals surface area contributed by atoms with Crippen molar-refractivity contribution in [2.45, 2.75) is 38.1 Å². The topological polar surface area (TPSA) is 106 Å². The number of anilines is 1. The van der Waals surface area contributed by atoms with E-state index in [1.807, 2.05) is 0 Å². The summed E-state index contributed by atoms with van der Waals surface area (Å²) >= 11 is 0. The van der Waals surface area contributed by atoms with Crippen LogP contribution in [0.15, 0.2) is 18.2 Å². The number of hydrogen-bond donors (Lipinski definition) is 1. The van der Waals surface area contributed by atoms with Crippen LogP contribution in [0.3, 0.4) is 0 Å². The molecule has 0 aromatic carbocycles. The highest BCUT2D eigenvalue weighted by Crippen LogP contribution is 2.30. The molecule has 1 aromatic heterocycles. The zero-order valence-corrected chi connectivity index (χ0v) is 14.4. The normalized spacial score (nSPS) is 20.1. The number of alkyl halides is 3. The van der Waals surface area contributed by atoms with Crippen molar-refractivity contribution in [3.63, 3.8) is 0 Å². The number of hydrogen-bond acceptors (Lipinski definition) is 7. The molecule has 0 radical (unpaired) electrons. The van der Waals surface area contributed by atoms with Crippen molar-refractivity contribution >= 4 is 23.7 Å². The van der Waals surface area contributed by atoms with Crippen molar-refractivity contribution in [1.29, 1.82) is 0 Å². The van der Waals surface area contributed by atoms with E-state index in [0.29, 0.717) is 0 Å². The predicted octanol–water partition coefficient (Wildman–Crippen LogP) is 1.06. The quantitative estimate of drug-likeness (QED) is 0.605. The van der Waals surface area contributed by atoms with E-state index >= 15 is 0 Å². The highest BCUT2D eigenvalue weighted by atomic mass is 19.4. The van der Waals surface area contributed by atoms with Gasteiger partial charge < -0.3 is 14.6 Å². The predicted molar refractivity (Wildman–Crippen MR) is 83.3 cm³/mol. The SMILES string of the molecule is CCC(=O)OC(=O)C(C)(O)C1OCCN(c2cccc(C(F)(F)F)n2)C1=O. The van der Waals surface area contributed by atoms with Gasteiger partial charge in [-0.2, -0.15) is 13.2 Å². The third kappa shape index (κ3) is 4.42. The van der Waals surface area contributed by atoms with Gasteiger partial charge in [0.25, 0.3) is 5.91 Å². The molecule has 2 unspecified atom stereocenters. The fraction of sp³-hybridized carbons (Fsp3) is 0.500. The molecule has 1 N–H and O–H groups in total. The first-order valence-corrected chi connectivity index (χ1v) is 7.93. The number of esters is 2. The molecule has 0 saturated carbocycles. The van der Waals surface area contributed by atoms with E-state index in [1.165, 1.54) is 13.0 Å². The number of pyridine rings is 1. The first-order chi connectivity index (χ1) is 12.5. The first-order valence-electron chi connectivity index (χ1n) is 7.93. The second-order valence-corrected chi connectivity index (χ2v) is 5.88. The van der Waals surface area contributed by atoms with E-state index in [-0.39, 0.29) is 25.4 Å². The molecule has 1 aromatic rings. The Morgan fingerprint density at radius 2 is 2.07 bits per heavy atom. The monoisotopic (exact) mass is 390 g/mol. The number of carbonyl (C=O) groups excluding carboxylic acids is 3. The van der Waals surface area contributed by atoms with Gasteiger partial charge in [-0.05, 0) is 19.1 Å². The molecule has 0 spiro atoms. The summed E-state index contributed by atoms with van der Waals surface area (Å²) in [7, 11) is 0. The highest BCUT2D eigenvalue weighted by molar-refractivity contribution is 6.02. The maximum atomic E-state index is 12.8. The summed E-state index contributed by atoms with van der Waals surface area (Å²) in [6.07, 6.45) is -6.62. The molecular weight excluding hydrogens is 373 g/mol. The molecule has 1 fully saturated rings. The van der Waals surface area contributed by atoms with Crippen molar-refractivity contribution in [1.82, 2.24) is 4.98 Å². The van der Waals surface area contributed by atoms with Gasteiger partial charge in [-0.25, -0.2) is 9.78 Å². The Bertz CT molecular complexity index is 750. The smallest absolute Gasteiger partial charge is 0.391 e. The molecule has 2 atom stereocenters. The molecular formula is C16H17F3N2O6. The van der Waals surface area contributed by atoms with E-state index in [1.54, 1.807) is 0 Å². The lowest BCUT2D eigenvalue weighted by Crippen LogP contribution is -2.61. The van der Waals surface area contributed by atoms with Gasteiger partial charge in [-0.1, -0.05) is 13.0 Å². The van der Waals surface area contributed by atoms with Gasteiger partial charge in [0.2, 0.25) is 0 Å². The number of halogens is 3. The largest absolute Gasteiger partial charge is 0.433 e. The number of aliphatic hydroxyl groups is 1. The van der Waals surface area contributed by atoms with Gasteiger partial charge >= 0.3 is 18.1 Å². The summed E-state index contributed by atoms with van der Waals surface area (Å²) in [5.74, 6) is -3.61. The van der Waals surface area contributed by atoms with E-state index in [4.69, 9.17) is 4.74 Å². The number of morpholine rings is 1. The van der Waals surface area contributed by atoms with Gasteiger partial charge in [0.15, 0.2) is 11.7 Å². The van der Waals surface area contributed by atoms with Crippen LogP contribution in [0.4, 0.5) is 19.0 Å². The Kier molecular flexibility index (Phi) is 5.85. The third-order valence-corrected chi connectivity index (χ3v) is 3.81. The summed E-state index contributed by atoms with van der Waals surface area (Å²) < 4.78 is 48.1. The van der Waals surface area contributed by atoms with Crippen LogP contribution < -0.4 is 4.90 Å². The molecule has 0 bridgehead atoms. The molecule has 1 aliphatic heterocycles. The van der Waals surface area contributed by atoms with Crippen molar-refractivity contribution < 1.29 is 42.1 Å². The minimum Gasteiger partial charge on any atom is -0.391 e. The zero-order chi connectivity index (χ0) is 20.4. The minimum atomic E-state index is -4.71. The highest BCUT2D eigenvalue weighted by Gasteiger charge is 2.50. The molecule has 1 amide bonds. The van der Waals surface area contributed by atoms with Crippen LogP contribution in [-0.4, -0.2) is 52.8 Å². The molecule has 148 valence electrons. The molecule has 0 aliphatic carbocycles. The van der Waals surface area contributed by atoms with E-state index in [0.717, 1.165) is 24.0 Å². The van der Waals surface area contributed by atoms with Crippen LogP contribution >= 0.6 is 0 Å². The maximum Gasteiger partial charge on any atom is 0.433 e. The van der Waals surface area contributed by atoms with Gasteiger partial charge in [0.05, 0.1) is 13.2 Å². The summed E-state index contributed by atoms with van der Waals surface area (Å²) in [6, 6.07) is 3.01. The van der Waals surface area contributed by atoms with Crippen LogP contribution in [-0.2, 0) is 30.0 Å². The maximum absolute atomic E-state index is 12.8. The average Bonchev–Trinajstić information content (AvgIpc) is 2.60. The zero-order valence-electron chi connectivity index (χ0n) is 14.4. The molecule has 8 nitrogen and oxygen atoms in total. The fourth-order valence-corrected chi connectivity index (χ4v) is 2.33. The molecule has 2 heterocycles. The van der Waals surface area contributed by atoms with E-state index in [9.17, 15) is 32.7 Å². The Hall–Kier alpha value is -2.53. The average molecular weight is 390 g/mol. The lowest BCUT2D eigenvalue weighted by Gasteiger charge is -2.37. The molecule has 2 rings (SSSR count). The molecule has 11 heteroatoms. The Morgan fingerprint density at radius 1 is 1.41 bits per heavy atom. The van der Waals surface area contributed by atoms with Crippen LogP contribution in [0.5, 0.6) is 0 Å². The standard InChI is InChI=1S/C16H17F3N2O6/c1-3-11(22)27-14(24)15(2,25)12-13(23)21(7-8-26-12)10-6-4-5-9(20-10)16(17,18)19/h4-6,12,25H,3,7-8H2,1-2H3. The molecule has 1 aliphatic rings. The number of aromatic nitrogens is 1. The van der Waals surface area contributed by atoms with Crippen molar-refractivity contribution in [3.05, 3.63) is 23.9 Å². The van der Waals surface area contributed by atoms with Crippen LogP contribution in [0.1, 0.15) is 26.0 Å². The number of ether oxygens (including phenoxy) is 2. The lowest BCUT2D eigenvalue weighted by molar-refractivity contribution is -0.189. The number of nitrogens with zero attached hydrogens (tertiary/aromatic N) is 2. The number of carbonyl (C=O) groups is 3. The van der Waals surface area contributed by atoms with Gasteiger partial charge in [0.1, 0.15) is 11.5 Å². The Morgan fingerprint density at radius 3 is 2.67 bits per heavy atom. The number of rotatable bonds is 4. The lowest BCUT2D eigenvalue weighted by atomic mass is 9.96. The number of amides is 1. The minimum absolute atomic E-state index is 0.136. The molecule has 27 heavy (non-hydrogen) atoms. The van der Waals surface area contributed by atoms with E-state index in [2.05, 4.69) is 9.72 Å². The van der Waals surface area contributed by atoms with Crippen LogP contribution in [0, 0.1) is 0 Å². The summed E-state index contributed by atoms with van der Waals surface area (Å²) in [4.78, 5) is 40.1. The third-order valence-electron chi connectivity index (χ3n) is 3.81. The first kappa shape index (κ1) is 20.8. The Labute approximate surface area is 151 Å². The van der Waals surface area contributed by atoms with Gasteiger partial charge in [-0.15, -0.1) is 0 Å². The molecule has 1 saturated heterocycles. The van der Waals surface area contributed by atoms with E-state index < -0.39 is 41.4 Å². The second-order valence-electron chi connectivity index (χ2n) is 5.88. The van der Waals surface area contributed by atoms with Crippen molar-refractivity contribution in [3.8, 4) is 0 Å². The van der Waals surface area contributed by atoms with Gasteiger partial charge in [-0.3, -0.25) is 14.5 Å². The van der Waals surface area contributed by atoms with Crippen LogP contribution in [0.25, 0.3) is 0 Å². The summed E-state index contributed by atoms with van der Waals surface area (Å²) in [6.45, 7) is 2.03.